The molecule has 0 fully saturated rings. The van der Waals surface area contributed by atoms with Crippen molar-refractivity contribution in [1.82, 2.24) is 10.3 Å². The summed E-state index contributed by atoms with van der Waals surface area (Å²) in [6, 6.07) is 5.91. The lowest BCUT2D eigenvalue weighted by atomic mass is 9.91. The normalized spacial score (nSPS) is 15.5. The third-order valence-electron chi connectivity index (χ3n) is 4.70. The number of nitrogens with zero attached hydrogens (tertiary/aromatic N) is 2. The van der Waals surface area contributed by atoms with Gasteiger partial charge >= 0.3 is 0 Å². The number of ether oxygens (including phenoxy) is 3. The molecule has 2 aliphatic rings. The first kappa shape index (κ1) is 16.5. The number of nitriles is 1. The van der Waals surface area contributed by atoms with Crippen molar-refractivity contribution in [3.8, 4) is 34.4 Å². The van der Waals surface area contributed by atoms with E-state index < -0.39 is 0 Å². The first-order valence-electron chi connectivity index (χ1n) is 8.63. The molecule has 2 aromatic rings. The molecule has 0 unspecified atom stereocenters. The Hall–Kier alpha value is -2.98. The standard InChI is InChI=1S/C19H20N4O3/c1-24-15-8-17-16(25-5-2-6-26-17)7-11(15)18-12(9-20)19(21)23-14-3-4-22-10-13(14)18/h7-8,22H,2-6,10H2,1H3,(H2,21,23). The number of methoxy groups -OCH3 is 1. The number of hydrogen-bond acceptors (Lipinski definition) is 7. The number of fused-ring (bicyclic) bond motifs is 2. The third-order valence-corrected chi connectivity index (χ3v) is 4.70. The minimum absolute atomic E-state index is 0.248. The Labute approximate surface area is 151 Å². The Kier molecular flexibility index (Phi) is 4.27. The van der Waals surface area contributed by atoms with Crippen molar-refractivity contribution in [3.63, 3.8) is 0 Å². The second-order valence-corrected chi connectivity index (χ2v) is 6.26. The molecule has 0 amide bonds. The van der Waals surface area contributed by atoms with E-state index in [1.807, 2.05) is 12.1 Å². The van der Waals surface area contributed by atoms with Crippen LogP contribution in [0.15, 0.2) is 12.1 Å². The Bertz CT molecular complexity index is 905. The average Bonchev–Trinajstić information content (AvgIpc) is 2.90. The van der Waals surface area contributed by atoms with E-state index in [0.29, 0.717) is 42.6 Å². The van der Waals surface area contributed by atoms with Gasteiger partial charge in [-0.05, 0) is 11.6 Å². The molecule has 26 heavy (non-hydrogen) atoms. The first-order valence-corrected chi connectivity index (χ1v) is 8.63. The minimum atomic E-state index is 0.248. The summed E-state index contributed by atoms with van der Waals surface area (Å²) < 4.78 is 17.2. The summed E-state index contributed by atoms with van der Waals surface area (Å²) >= 11 is 0. The molecule has 0 saturated heterocycles. The summed E-state index contributed by atoms with van der Waals surface area (Å²) in [4.78, 5) is 4.45. The molecule has 3 heterocycles. The fraction of sp³-hybridized carbons (Fsp3) is 0.368. The predicted octanol–water partition coefficient (Wildman–Crippen LogP) is 2.02. The van der Waals surface area contributed by atoms with Crippen LogP contribution >= 0.6 is 0 Å². The van der Waals surface area contributed by atoms with Crippen molar-refractivity contribution in [1.29, 1.82) is 5.26 Å². The van der Waals surface area contributed by atoms with Gasteiger partial charge in [-0.2, -0.15) is 5.26 Å². The van der Waals surface area contributed by atoms with E-state index in [-0.39, 0.29) is 5.82 Å². The lowest BCUT2D eigenvalue weighted by Crippen LogP contribution is -2.26. The minimum Gasteiger partial charge on any atom is -0.496 e. The number of nitrogens with two attached hydrogens (primary N) is 1. The van der Waals surface area contributed by atoms with Crippen LogP contribution in [0.5, 0.6) is 17.2 Å². The van der Waals surface area contributed by atoms with Gasteiger partial charge < -0.3 is 25.3 Å². The van der Waals surface area contributed by atoms with Gasteiger partial charge in [-0.3, -0.25) is 0 Å². The molecule has 7 heteroatoms. The van der Waals surface area contributed by atoms with E-state index in [1.54, 1.807) is 7.11 Å². The summed E-state index contributed by atoms with van der Waals surface area (Å²) in [5.74, 6) is 2.16. The Balaban J connectivity index is 1.99. The van der Waals surface area contributed by atoms with Crippen molar-refractivity contribution < 1.29 is 14.2 Å². The topological polar surface area (TPSA) is 102 Å². The molecule has 134 valence electrons. The molecular formula is C19H20N4O3. The average molecular weight is 352 g/mol. The van der Waals surface area contributed by atoms with E-state index in [0.717, 1.165) is 41.8 Å². The monoisotopic (exact) mass is 352 g/mol. The predicted molar refractivity (Wildman–Crippen MR) is 96.4 cm³/mol. The highest BCUT2D eigenvalue weighted by Crippen LogP contribution is 2.44. The maximum absolute atomic E-state index is 9.72. The molecule has 0 atom stereocenters. The molecule has 0 saturated carbocycles. The van der Waals surface area contributed by atoms with Gasteiger partial charge in [-0.1, -0.05) is 0 Å². The maximum Gasteiger partial charge on any atom is 0.164 e. The van der Waals surface area contributed by atoms with Crippen molar-refractivity contribution in [3.05, 3.63) is 29.0 Å². The SMILES string of the molecule is COc1cc2c(cc1-c1c(C#N)c(N)nc3c1CNCC3)OCCCO2. The van der Waals surface area contributed by atoms with Crippen molar-refractivity contribution in [2.75, 3.05) is 32.6 Å². The molecule has 4 rings (SSSR count). The van der Waals surface area contributed by atoms with Crippen LogP contribution in [0.3, 0.4) is 0 Å². The zero-order valence-electron chi connectivity index (χ0n) is 14.6. The Morgan fingerprint density at radius 3 is 2.77 bits per heavy atom. The zero-order valence-corrected chi connectivity index (χ0v) is 14.6. The number of anilines is 1. The Morgan fingerprint density at radius 1 is 1.27 bits per heavy atom. The van der Waals surface area contributed by atoms with Gasteiger partial charge in [0.05, 0.1) is 20.3 Å². The van der Waals surface area contributed by atoms with Crippen LogP contribution in [-0.2, 0) is 13.0 Å². The van der Waals surface area contributed by atoms with Crippen LogP contribution < -0.4 is 25.3 Å². The zero-order chi connectivity index (χ0) is 18.1. The quantitative estimate of drug-likeness (QED) is 0.852. The molecule has 0 bridgehead atoms. The van der Waals surface area contributed by atoms with E-state index >= 15 is 0 Å². The van der Waals surface area contributed by atoms with Gasteiger partial charge in [0.15, 0.2) is 11.5 Å². The Morgan fingerprint density at radius 2 is 2.04 bits per heavy atom. The van der Waals surface area contributed by atoms with Gasteiger partial charge in [0.2, 0.25) is 0 Å². The highest BCUT2D eigenvalue weighted by atomic mass is 16.5. The van der Waals surface area contributed by atoms with Gasteiger partial charge in [-0.25, -0.2) is 4.98 Å². The fourth-order valence-corrected chi connectivity index (χ4v) is 3.47. The molecule has 2 aliphatic heterocycles. The van der Waals surface area contributed by atoms with Crippen LogP contribution in [0.4, 0.5) is 5.82 Å². The first-order chi connectivity index (χ1) is 12.7. The van der Waals surface area contributed by atoms with Crippen LogP contribution in [0.2, 0.25) is 0 Å². The highest BCUT2D eigenvalue weighted by Gasteiger charge is 2.26. The van der Waals surface area contributed by atoms with E-state index in [4.69, 9.17) is 19.9 Å². The number of nitrogen functional groups attached to an aromatic ring is 1. The van der Waals surface area contributed by atoms with Crippen LogP contribution in [0.25, 0.3) is 11.1 Å². The summed E-state index contributed by atoms with van der Waals surface area (Å²) in [5, 5.41) is 13.1. The number of aromatic nitrogens is 1. The number of hydrogen-bond donors (Lipinski definition) is 2. The smallest absolute Gasteiger partial charge is 0.164 e. The largest absolute Gasteiger partial charge is 0.496 e. The molecule has 1 aromatic carbocycles. The summed E-state index contributed by atoms with van der Waals surface area (Å²) in [7, 11) is 1.60. The van der Waals surface area contributed by atoms with Crippen molar-refractivity contribution in [2.45, 2.75) is 19.4 Å². The van der Waals surface area contributed by atoms with Gasteiger partial charge in [-0.15, -0.1) is 0 Å². The second-order valence-electron chi connectivity index (χ2n) is 6.26. The molecular weight excluding hydrogens is 332 g/mol. The molecule has 0 aliphatic carbocycles. The number of rotatable bonds is 2. The van der Waals surface area contributed by atoms with E-state index in [1.165, 1.54) is 0 Å². The van der Waals surface area contributed by atoms with Crippen molar-refractivity contribution >= 4 is 5.82 Å². The molecule has 0 spiro atoms. The van der Waals surface area contributed by atoms with Crippen molar-refractivity contribution in [2.24, 2.45) is 0 Å². The van der Waals surface area contributed by atoms with Crippen LogP contribution in [0, 0.1) is 11.3 Å². The lowest BCUT2D eigenvalue weighted by molar-refractivity contribution is 0.296. The van der Waals surface area contributed by atoms with E-state index in [2.05, 4.69) is 16.4 Å². The summed E-state index contributed by atoms with van der Waals surface area (Å²) in [6.45, 7) is 2.65. The maximum atomic E-state index is 9.72. The molecule has 7 nitrogen and oxygen atoms in total. The van der Waals surface area contributed by atoms with Crippen LogP contribution in [-0.4, -0.2) is 31.9 Å². The molecule has 3 N–H and O–H groups in total. The second kappa shape index (κ2) is 6.73. The van der Waals surface area contributed by atoms with Gasteiger partial charge in [0, 0.05) is 48.8 Å². The van der Waals surface area contributed by atoms with Gasteiger partial charge in [0.1, 0.15) is 23.2 Å². The molecule has 1 aromatic heterocycles. The molecule has 0 radical (unpaired) electrons. The fourth-order valence-electron chi connectivity index (χ4n) is 3.47. The number of pyridine rings is 1. The lowest BCUT2D eigenvalue weighted by Gasteiger charge is -2.23. The van der Waals surface area contributed by atoms with Gasteiger partial charge in [0.25, 0.3) is 0 Å². The summed E-state index contributed by atoms with van der Waals surface area (Å²) in [5.41, 5.74) is 9.89. The number of benzene rings is 1. The van der Waals surface area contributed by atoms with Crippen LogP contribution in [0.1, 0.15) is 23.2 Å². The summed E-state index contributed by atoms with van der Waals surface area (Å²) in [6.07, 6.45) is 1.59. The van der Waals surface area contributed by atoms with E-state index in [9.17, 15) is 5.26 Å². The number of nitrogens with one attached hydrogen (secondary N) is 1. The highest BCUT2D eigenvalue weighted by molar-refractivity contribution is 5.84. The third kappa shape index (κ3) is 2.68.